The van der Waals surface area contributed by atoms with E-state index in [1.165, 1.54) is 0 Å². The van der Waals surface area contributed by atoms with E-state index in [-0.39, 0.29) is 0 Å². The standard InChI is InChI=1S/C7H6BF3O3/c1-14-4-2-3(8(12)13)5(9)7(11)6(4)10/h2,12-13H,1H3. The van der Waals surface area contributed by atoms with Gasteiger partial charge < -0.3 is 14.8 Å². The fourth-order valence-corrected chi connectivity index (χ4v) is 0.936. The van der Waals surface area contributed by atoms with Crippen LogP contribution in [0.25, 0.3) is 0 Å². The lowest BCUT2D eigenvalue weighted by Gasteiger charge is -2.07. The van der Waals surface area contributed by atoms with Gasteiger partial charge in [0.15, 0.2) is 17.4 Å². The Bertz CT molecular complexity index is 357. The summed E-state index contributed by atoms with van der Waals surface area (Å²) < 4.78 is 42.8. The molecule has 0 aliphatic carbocycles. The van der Waals surface area contributed by atoms with Crippen LogP contribution in [0.1, 0.15) is 0 Å². The lowest BCUT2D eigenvalue weighted by atomic mass is 9.79. The van der Waals surface area contributed by atoms with Crippen LogP contribution in [0, 0.1) is 17.5 Å². The van der Waals surface area contributed by atoms with Crippen molar-refractivity contribution in [3.63, 3.8) is 0 Å². The van der Waals surface area contributed by atoms with E-state index < -0.39 is 35.8 Å². The first-order chi connectivity index (χ1) is 6.49. The average Bonchev–Trinajstić information content (AvgIpc) is 2.14. The molecule has 0 fully saturated rings. The molecule has 1 aromatic rings. The number of benzene rings is 1. The normalized spacial score (nSPS) is 10.1. The second-order valence-corrected chi connectivity index (χ2v) is 2.48. The summed E-state index contributed by atoms with van der Waals surface area (Å²) in [4.78, 5) is 0. The second-order valence-electron chi connectivity index (χ2n) is 2.48. The molecule has 76 valence electrons. The average molecular weight is 206 g/mol. The van der Waals surface area contributed by atoms with E-state index in [2.05, 4.69) is 4.74 Å². The van der Waals surface area contributed by atoms with Crippen molar-refractivity contribution >= 4 is 12.6 Å². The van der Waals surface area contributed by atoms with Crippen molar-refractivity contribution in [1.29, 1.82) is 0 Å². The molecule has 0 unspecified atom stereocenters. The molecule has 0 spiro atoms. The van der Waals surface area contributed by atoms with Gasteiger partial charge in [-0.2, -0.15) is 4.39 Å². The summed E-state index contributed by atoms with van der Waals surface area (Å²) in [5.41, 5.74) is -0.777. The van der Waals surface area contributed by atoms with E-state index in [1.807, 2.05) is 0 Å². The minimum absolute atomic E-state index is 0.591. The van der Waals surface area contributed by atoms with Gasteiger partial charge in [-0.25, -0.2) is 8.78 Å². The molecule has 0 aliphatic heterocycles. The zero-order valence-electron chi connectivity index (χ0n) is 7.09. The van der Waals surface area contributed by atoms with Gasteiger partial charge in [-0.1, -0.05) is 0 Å². The minimum Gasteiger partial charge on any atom is -0.494 e. The van der Waals surface area contributed by atoms with Crippen molar-refractivity contribution in [2.45, 2.75) is 0 Å². The van der Waals surface area contributed by atoms with Crippen LogP contribution in [0.4, 0.5) is 13.2 Å². The fourth-order valence-electron chi connectivity index (χ4n) is 0.936. The molecule has 14 heavy (non-hydrogen) atoms. The van der Waals surface area contributed by atoms with Gasteiger partial charge in [-0.15, -0.1) is 0 Å². The van der Waals surface area contributed by atoms with Crippen molar-refractivity contribution in [1.82, 2.24) is 0 Å². The number of hydrogen-bond acceptors (Lipinski definition) is 3. The van der Waals surface area contributed by atoms with Gasteiger partial charge in [-0.05, 0) is 6.07 Å². The third-order valence-electron chi connectivity index (χ3n) is 1.64. The first kappa shape index (κ1) is 10.9. The van der Waals surface area contributed by atoms with Gasteiger partial charge in [0.1, 0.15) is 0 Å². The topological polar surface area (TPSA) is 49.7 Å². The summed E-state index contributed by atoms with van der Waals surface area (Å²) in [6.45, 7) is 0. The predicted molar refractivity (Wildman–Crippen MR) is 42.7 cm³/mol. The van der Waals surface area contributed by atoms with E-state index in [0.29, 0.717) is 6.07 Å². The second kappa shape index (κ2) is 3.89. The Kier molecular flexibility index (Phi) is 3.02. The molecule has 7 heteroatoms. The Balaban J connectivity index is 3.40. The molecule has 0 saturated carbocycles. The number of rotatable bonds is 2. The summed E-state index contributed by atoms with van der Waals surface area (Å²) in [5.74, 6) is -5.54. The summed E-state index contributed by atoms with van der Waals surface area (Å²) in [6.07, 6.45) is 0. The van der Waals surface area contributed by atoms with Gasteiger partial charge in [-0.3, -0.25) is 0 Å². The zero-order chi connectivity index (χ0) is 10.9. The highest BCUT2D eigenvalue weighted by Crippen LogP contribution is 2.20. The molecule has 0 aromatic heterocycles. The molecule has 0 bridgehead atoms. The first-order valence-electron chi connectivity index (χ1n) is 3.56. The van der Waals surface area contributed by atoms with Crippen molar-refractivity contribution in [3.8, 4) is 5.75 Å². The number of hydrogen-bond donors (Lipinski definition) is 2. The van der Waals surface area contributed by atoms with Gasteiger partial charge in [0.25, 0.3) is 0 Å². The van der Waals surface area contributed by atoms with Crippen LogP contribution >= 0.6 is 0 Å². The summed E-state index contributed by atoms with van der Waals surface area (Å²) in [6, 6.07) is 0.679. The summed E-state index contributed by atoms with van der Waals surface area (Å²) >= 11 is 0. The molecule has 1 aromatic carbocycles. The maximum Gasteiger partial charge on any atom is 0.491 e. The predicted octanol–water partition coefficient (Wildman–Crippen LogP) is -0.208. The molecule has 0 heterocycles. The van der Waals surface area contributed by atoms with Crippen LogP contribution in [0.2, 0.25) is 0 Å². The van der Waals surface area contributed by atoms with Crippen molar-refractivity contribution < 1.29 is 28.0 Å². The highest BCUT2D eigenvalue weighted by molar-refractivity contribution is 6.58. The lowest BCUT2D eigenvalue weighted by molar-refractivity contribution is 0.359. The zero-order valence-corrected chi connectivity index (χ0v) is 7.09. The van der Waals surface area contributed by atoms with E-state index in [0.717, 1.165) is 7.11 Å². The fraction of sp³-hybridized carbons (Fsp3) is 0.143. The lowest BCUT2D eigenvalue weighted by Crippen LogP contribution is -2.34. The molecule has 0 radical (unpaired) electrons. The SMILES string of the molecule is COc1cc(B(O)O)c(F)c(F)c1F. The van der Waals surface area contributed by atoms with Gasteiger partial charge in [0.2, 0.25) is 5.82 Å². The molecular weight excluding hydrogens is 200 g/mol. The largest absolute Gasteiger partial charge is 0.494 e. The Morgan fingerprint density at radius 2 is 1.71 bits per heavy atom. The summed E-state index contributed by atoms with van der Waals surface area (Å²) in [7, 11) is -1.18. The molecule has 3 nitrogen and oxygen atoms in total. The molecule has 0 amide bonds. The maximum atomic E-state index is 12.8. The van der Waals surface area contributed by atoms with Crippen molar-refractivity contribution in [3.05, 3.63) is 23.5 Å². The molecule has 0 aliphatic rings. The van der Waals surface area contributed by atoms with E-state index in [9.17, 15) is 13.2 Å². The summed E-state index contributed by atoms with van der Waals surface area (Å²) in [5, 5.41) is 17.2. The Morgan fingerprint density at radius 3 is 2.14 bits per heavy atom. The van der Waals surface area contributed by atoms with E-state index in [1.54, 1.807) is 0 Å². The van der Waals surface area contributed by atoms with Crippen LogP contribution in [0.15, 0.2) is 6.07 Å². The number of ether oxygens (including phenoxy) is 1. The van der Waals surface area contributed by atoms with Crippen LogP contribution < -0.4 is 10.2 Å². The minimum atomic E-state index is -2.22. The third kappa shape index (κ3) is 1.68. The van der Waals surface area contributed by atoms with Gasteiger partial charge >= 0.3 is 7.12 Å². The van der Waals surface area contributed by atoms with Gasteiger partial charge in [0.05, 0.1) is 7.11 Å². The van der Waals surface area contributed by atoms with E-state index in [4.69, 9.17) is 10.0 Å². The molecule has 2 N–H and O–H groups in total. The van der Waals surface area contributed by atoms with Crippen LogP contribution in [0.3, 0.4) is 0 Å². The Labute approximate surface area is 77.9 Å². The van der Waals surface area contributed by atoms with Crippen molar-refractivity contribution in [2.24, 2.45) is 0 Å². The van der Waals surface area contributed by atoms with Crippen molar-refractivity contribution in [2.75, 3.05) is 7.11 Å². The smallest absolute Gasteiger partial charge is 0.491 e. The highest BCUT2D eigenvalue weighted by Gasteiger charge is 2.25. The molecule has 0 atom stereocenters. The molecule has 1 rings (SSSR count). The molecular formula is C7H6BF3O3. The monoisotopic (exact) mass is 206 g/mol. The first-order valence-corrected chi connectivity index (χ1v) is 3.56. The number of halogens is 3. The van der Waals surface area contributed by atoms with Gasteiger partial charge in [0, 0.05) is 5.46 Å². The Hall–Kier alpha value is -1.21. The maximum absolute atomic E-state index is 12.8. The number of methoxy groups -OCH3 is 1. The highest BCUT2D eigenvalue weighted by atomic mass is 19.2. The molecule has 0 saturated heterocycles. The Morgan fingerprint density at radius 1 is 1.14 bits per heavy atom. The quantitative estimate of drug-likeness (QED) is 0.520. The van der Waals surface area contributed by atoms with E-state index >= 15 is 0 Å². The van der Waals surface area contributed by atoms with Crippen LogP contribution in [-0.2, 0) is 0 Å². The van der Waals surface area contributed by atoms with Crippen LogP contribution in [-0.4, -0.2) is 24.3 Å². The van der Waals surface area contributed by atoms with Crippen LogP contribution in [0.5, 0.6) is 5.75 Å². The third-order valence-corrected chi connectivity index (χ3v) is 1.64.